The Morgan fingerprint density at radius 1 is 1.03 bits per heavy atom. The molecule has 2 N–H and O–H groups in total. The summed E-state index contributed by atoms with van der Waals surface area (Å²) in [4.78, 5) is 11.5. The maximum absolute atomic E-state index is 11.5. The summed E-state index contributed by atoms with van der Waals surface area (Å²) in [6.45, 7) is 0. The average Bonchev–Trinajstić information content (AvgIpc) is 2.77. The van der Waals surface area contributed by atoms with Crippen LogP contribution in [-0.2, 0) is 16.0 Å². The number of methoxy groups -OCH3 is 1. The Morgan fingerprint density at radius 2 is 1.78 bits per heavy atom. The van der Waals surface area contributed by atoms with Crippen LogP contribution in [0.3, 0.4) is 0 Å². The van der Waals surface area contributed by atoms with Crippen LogP contribution in [0, 0.1) is 0 Å². The van der Waals surface area contributed by atoms with Crippen LogP contribution in [0.5, 0.6) is 11.5 Å². The standard InChI is InChI=1S/C23H19Cl2N3O3S/c1-30-22(29)12-15-4-2-6-18(10-15)31-19-7-3-5-16(11-19)14-26-28-23(32)27-17-8-9-20(24)21(25)13-17/h2-11,13-14H,12H2,1H3,(H2,27,28,32)/b26-14+. The van der Waals surface area contributed by atoms with E-state index in [1.54, 1.807) is 30.5 Å². The molecule has 6 nitrogen and oxygen atoms in total. The topological polar surface area (TPSA) is 72.0 Å². The number of rotatable bonds is 7. The fourth-order valence-electron chi connectivity index (χ4n) is 2.65. The molecule has 0 aliphatic rings. The number of nitrogens with zero attached hydrogens (tertiary/aromatic N) is 1. The van der Waals surface area contributed by atoms with Crippen molar-refractivity contribution in [2.24, 2.45) is 5.10 Å². The maximum Gasteiger partial charge on any atom is 0.309 e. The van der Waals surface area contributed by atoms with Gasteiger partial charge in [0.2, 0.25) is 0 Å². The smallest absolute Gasteiger partial charge is 0.309 e. The number of anilines is 1. The molecule has 3 aromatic carbocycles. The van der Waals surface area contributed by atoms with E-state index in [0.29, 0.717) is 32.3 Å². The van der Waals surface area contributed by atoms with Gasteiger partial charge in [0.15, 0.2) is 5.11 Å². The van der Waals surface area contributed by atoms with E-state index < -0.39 is 0 Å². The molecule has 3 aromatic rings. The molecule has 0 atom stereocenters. The zero-order valence-corrected chi connectivity index (χ0v) is 19.3. The Kier molecular flexibility index (Phi) is 8.44. The highest BCUT2D eigenvalue weighted by atomic mass is 35.5. The SMILES string of the molecule is COC(=O)Cc1cccc(Oc2cccc(/C=N/NC(=S)Nc3ccc(Cl)c(Cl)c3)c2)c1. The van der Waals surface area contributed by atoms with Gasteiger partial charge in [0.25, 0.3) is 0 Å². The number of hydrogen-bond acceptors (Lipinski definition) is 5. The van der Waals surface area contributed by atoms with Crippen molar-refractivity contribution < 1.29 is 14.3 Å². The molecule has 0 heterocycles. The van der Waals surface area contributed by atoms with E-state index in [0.717, 1.165) is 11.1 Å². The van der Waals surface area contributed by atoms with Gasteiger partial charge in [-0.2, -0.15) is 5.10 Å². The van der Waals surface area contributed by atoms with Crippen LogP contribution in [0.4, 0.5) is 5.69 Å². The summed E-state index contributed by atoms with van der Waals surface area (Å²) in [6, 6.07) is 19.8. The molecule has 0 aliphatic carbocycles. The third kappa shape index (κ3) is 7.23. The molecule has 0 spiro atoms. The molecule has 0 saturated carbocycles. The Morgan fingerprint density at radius 3 is 2.53 bits per heavy atom. The van der Waals surface area contributed by atoms with Gasteiger partial charge in [0, 0.05) is 5.69 Å². The summed E-state index contributed by atoms with van der Waals surface area (Å²) in [5.74, 6) is 0.936. The van der Waals surface area contributed by atoms with Crippen LogP contribution in [0.2, 0.25) is 10.0 Å². The molecule has 0 saturated heterocycles. The molecule has 32 heavy (non-hydrogen) atoms. The van der Waals surface area contributed by atoms with E-state index in [9.17, 15) is 4.79 Å². The molecule has 0 radical (unpaired) electrons. The number of ether oxygens (including phenoxy) is 2. The minimum absolute atomic E-state index is 0.183. The predicted molar refractivity (Wildman–Crippen MR) is 132 cm³/mol. The number of nitrogens with one attached hydrogen (secondary N) is 2. The minimum atomic E-state index is -0.306. The largest absolute Gasteiger partial charge is 0.469 e. The van der Waals surface area contributed by atoms with Crippen molar-refractivity contribution in [3.05, 3.63) is 87.9 Å². The predicted octanol–water partition coefficient (Wildman–Crippen LogP) is 5.82. The van der Waals surface area contributed by atoms with Crippen molar-refractivity contribution in [1.29, 1.82) is 0 Å². The van der Waals surface area contributed by atoms with Crippen LogP contribution in [-0.4, -0.2) is 24.4 Å². The van der Waals surface area contributed by atoms with Gasteiger partial charge in [-0.1, -0.05) is 47.5 Å². The third-order valence-corrected chi connectivity index (χ3v) is 5.06. The Balaban J connectivity index is 1.58. The lowest BCUT2D eigenvalue weighted by Crippen LogP contribution is -2.23. The number of carbonyl (C=O) groups is 1. The zero-order valence-electron chi connectivity index (χ0n) is 17.0. The lowest BCUT2D eigenvalue weighted by molar-refractivity contribution is -0.139. The second kappa shape index (κ2) is 11.5. The monoisotopic (exact) mass is 487 g/mol. The first-order valence-corrected chi connectivity index (χ1v) is 10.6. The summed E-state index contributed by atoms with van der Waals surface area (Å²) >= 11 is 17.1. The van der Waals surface area contributed by atoms with E-state index in [1.165, 1.54) is 7.11 Å². The minimum Gasteiger partial charge on any atom is -0.469 e. The van der Waals surface area contributed by atoms with Gasteiger partial charge in [0.05, 0.1) is 29.8 Å². The summed E-state index contributed by atoms with van der Waals surface area (Å²) in [5.41, 5.74) is 5.04. The first-order valence-electron chi connectivity index (χ1n) is 9.42. The molecule has 3 rings (SSSR count). The third-order valence-electron chi connectivity index (χ3n) is 4.13. The summed E-state index contributed by atoms with van der Waals surface area (Å²) < 4.78 is 10.6. The molecule has 0 aromatic heterocycles. The number of hydrogen-bond donors (Lipinski definition) is 2. The van der Waals surface area contributed by atoms with Crippen LogP contribution in [0.1, 0.15) is 11.1 Å². The zero-order chi connectivity index (χ0) is 22.9. The van der Waals surface area contributed by atoms with Gasteiger partial charge in [-0.05, 0) is 65.8 Å². The van der Waals surface area contributed by atoms with Crippen molar-refractivity contribution in [2.75, 3.05) is 12.4 Å². The number of thiocarbonyl (C=S) groups is 1. The number of halogens is 2. The molecule has 0 unspecified atom stereocenters. The summed E-state index contributed by atoms with van der Waals surface area (Å²) in [6.07, 6.45) is 1.80. The molecule has 0 amide bonds. The number of benzene rings is 3. The van der Waals surface area contributed by atoms with Gasteiger partial charge in [-0.3, -0.25) is 10.2 Å². The number of esters is 1. The van der Waals surface area contributed by atoms with E-state index in [4.69, 9.17) is 44.9 Å². The highest BCUT2D eigenvalue weighted by molar-refractivity contribution is 7.80. The van der Waals surface area contributed by atoms with Crippen molar-refractivity contribution in [3.63, 3.8) is 0 Å². The number of hydrazone groups is 1. The highest BCUT2D eigenvalue weighted by Gasteiger charge is 2.05. The lowest BCUT2D eigenvalue weighted by Gasteiger charge is -2.09. The first kappa shape index (κ1) is 23.5. The van der Waals surface area contributed by atoms with Crippen LogP contribution in [0.25, 0.3) is 0 Å². The van der Waals surface area contributed by atoms with Crippen molar-refractivity contribution in [1.82, 2.24) is 5.43 Å². The quantitative estimate of drug-likeness (QED) is 0.189. The lowest BCUT2D eigenvalue weighted by atomic mass is 10.1. The fraction of sp³-hybridized carbons (Fsp3) is 0.0870. The van der Waals surface area contributed by atoms with E-state index >= 15 is 0 Å². The Labute approximate surface area is 201 Å². The Hall–Kier alpha value is -3.13. The van der Waals surface area contributed by atoms with Crippen molar-refractivity contribution in [2.45, 2.75) is 6.42 Å². The molecule has 9 heteroatoms. The highest BCUT2D eigenvalue weighted by Crippen LogP contribution is 2.25. The van der Waals surface area contributed by atoms with E-state index in [2.05, 4.69) is 15.8 Å². The van der Waals surface area contributed by atoms with Gasteiger partial charge in [-0.25, -0.2) is 0 Å². The molecular weight excluding hydrogens is 469 g/mol. The van der Waals surface area contributed by atoms with Gasteiger partial charge in [0.1, 0.15) is 11.5 Å². The van der Waals surface area contributed by atoms with E-state index in [-0.39, 0.29) is 12.4 Å². The Bertz CT molecular complexity index is 1150. The molecule has 0 bridgehead atoms. The normalized spacial score (nSPS) is 10.6. The van der Waals surface area contributed by atoms with Gasteiger partial charge >= 0.3 is 5.97 Å². The van der Waals surface area contributed by atoms with Crippen molar-refractivity contribution >= 4 is 58.4 Å². The second-order valence-corrected chi connectivity index (χ2v) is 7.75. The van der Waals surface area contributed by atoms with Crippen molar-refractivity contribution in [3.8, 4) is 11.5 Å². The summed E-state index contributed by atoms with van der Waals surface area (Å²) in [5, 5.41) is 8.30. The first-order chi connectivity index (χ1) is 15.4. The summed E-state index contributed by atoms with van der Waals surface area (Å²) in [7, 11) is 1.36. The molecule has 164 valence electrons. The van der Waals surface area contributed by atoms with Crippen LogP contribution in [0.15, 0.2) is 71.8 Å². The maximum atomic E-state index is 11.5. The molecule has 0 fully saturated rings. The fourth-order valence-corrected chi connectivity index (χ4v) is 3.12. The average molecular weight is 488 g/mol. The molecular formula is C23H19Cl2N3O3S. The van der Waals surface area contributed by atoms with Crippen LogP contribution < -0.4 is 15.5 Å². The van der Waals surface area contributed by atoms with Gasteiger partial charge in [-0.15, -0.1) is 0 Å². The second-order valence-electron chi connectivity index (χ2n) is 6.53. The van der Waals surface area contributed by atoms with Gasteiger partial charge < -0.3 is 14.8 Å². The van der Waals surface area contributed by atoms with Crippen LogP contribution >= 0.6 is 35.4 Å². The van der Waals surface area contributed by atoms with E-state index in [1.807, 2.05) is 42.5 Å². The molecule has 0 aliphatic heterocycles. The number of carbonyl (C=O) groups excluding carboxylic acids is 1.